The third kappa shape index (κ3) is 8.67. The van der Waals surface area contributed by atoms with E-state index in [1.54, 1.807) is 0 Å². The predicted octanol–water partition coefficient (Wildman–Crippen LogP) is 6.26. The maximum Gasteiger partial charge on any atom is 0.0626 e. The summed E-state index contributed by atoms with van der Waals surface area (Å²) >= 11 is 0. The van der Waals surface area contributed by atoms with Gasteiger partial charge in [0.15, 0.2) is 0 Å². The molecule has 0 bridgehead atoms. The van der Waals surface area contributed by atoms with Crippen LogP contribution >= 0.6 is 0 Å². The van der Waals surface area contributed by atoms with E-state index in [1.165, 1.54) is 19.3 Å². The molecule has 3 unspecified atom stereocenters. The van der Waals surface area contributed by atoms with E-state index < -0.39 is 12.2 Å². The van der Waals surface area contributed by atoms with E-state index in [9.17, 15) is 10.2 Å². The summed E-state index contributed by atoms with van der Waals surface area (Å²) in [5.41, 5.74) is -0.337. The number of rotatable bonds is 15. The van der Waals surface area contributed by atoms with Gasteiger partial charge < -0.3 is 10.2 Å². The molecule has 2 heteroatoms. The molecule has 2 nitrogen and oxygen atoms in total. The highest BCUT2D eigenvalue weighted by Gasteiger charge is 2.41. The van der Waals surface area contributed by atoms with E-state index in [-0.39, 0.29) is 5.41 Å². The highest BCUT2D eigenvalue weighted by molar-refractivity contribution is 4.95. The molecule has 0 rings (SSSR count). The van der Waals surface area contributed by atoms with Crippen molar-refractivity contribution < 1.29 is 10.2 Å². The zero-order chi connectivity index (χ0) is 18.4. The van der Waals surface area contributed by atoms with Gasteiger partial charge in [-0.25, -0.2) is 0 Å². The molecule has 0 aliphatic rings. The Balaban J connectivity index is 4.79. The topological polar surface area (TPSA) is 40.5 Å². The first-order valence-electron chi connectivity index (χ1n) is 10.5. The van der Waals surface area contributed by atoms with Gasteiger partial charge >= 0.3 is 0 Å². The molecular weight excluding hydrogens is 296 g/mol. The van der Waals surface area contributed by atoms with Crippen molar-refractivity contribution in [2.45, 2.75) is 117 Å². The first-order chi connectivity index (χ1) is 11.4. The molecule has 144 valence electrons. The molecule has 0 radical (unpaired) electrons. The molecule has 0 aliphatic heterocycles. The van der Waals surface area contributed by atoms with Crippen LogP contribution in [0.15, 0.2) is 12.2 Å². The monoisotopic (exact) mass is 340 g/mol. The van der Waals surface area contributed by atoms with Crippen molar-refractivity contribution in [3.63, 3.8) is 0 Å². The first-order valence-corrected chi connectivity index (χ1v) is 10.5. The Kier molecular flexibility index (Phi) is 13.7. The van der Waals surface area contributed by atoms with Crippen LogP contribution in [0.1, 0.15) is 105 Å². The van der Waals surface area contributed by atoms with E-state index in [2.05, 4.69) is 39.8 Å². The van der Waals surface area contributed by atoms with Crippen LogP contribution < -0.4 is 0 Å². The van der Waals surface area contributed by atoms with Gasteiger partial charge in [0.25, 0.3) is 0 Å². The Morgan fingerprint density at radius 1 is 0.833 bits per heavy atom. The largest absolute Gasteiger partial charge is 0.393 e. The highest BCUT2D eigenvalue weighted by Crippen LogP contribution is 2.41. The summed E-state index contributed by atoms with van der Waals surface area (Å²) in [7, 11) is 0. The Morgan fingerprint density at radius 3 is 1.83 bits per heavy atom. The lowest BCUT2D eigenvalue weighted by Gasteiger charge is -2.42. The summed E-state index contributed by atoms with van der Waals surface area (Å²) in [5.74, 6) is 0.364. The van der Waals surface area contributed by atoms with Crippen molar-refractivity contribution in [3.05, 3.63) is 12.2 Å². The Labute approximate surface area is 151 Å². The number of hydrogen-bond acceptors (Lipinski definition) is 2. The van der Waals surface area contributed by atoms with E-state index in [0.29, 0.717) is 5.92 Å². The SMILES string of the molecule is CCCCCC=CC(C)CC(O)C(CCCC)(CCCC)C(C)O. The van der Waals surface area contributed by atoms with Crippen molar-refractivity contribution in [1.29, 1.82) is 0 Å². The number of aliphatic hydroxyl groups excluding tert-OH is 2. The molecule has 0 saturated carbocycles. The van der Waals surface area contributed by atoms with Gasteiger partial charge in [0, 0.05) is 5.41 Å². The van der Waals surface area contributed by atoms with Gasteiger partial charge in [-0.05, 0) is 44.9 Å². The summed E-state index contributed by atoms with van der Waals surface area (Å²) in [6.45, 7) is 10.7. The molecule has 0 amide bonds. The van der Waals surface area contributed by atoms with Gasteiger partial charge in [-0.15, -0.1) is 0 Å². The molecular formula is C22H44O2. The third-order valence-electron chi connectivity index (χ3n) is 5.52. The third-order valence-corrected chi connectivity index (χ3v) is 5.52. The molecule has 0 aliphatic carbocycles. The van der Waals surface area contributed by atoms with Gasteiger partial charge in [0.05, 0.1) is 12.2 Å². The molecule has 0 aromatic heterocycles. The van der Waals surface area contributed by atoms with Gasteiger partial charge in [-0.3, -0.25) is 0 Å². The molecule has 0 saturated heterocycles. The van der Waals surface area contributed by atoms with Gasteiger partial charge in [0.2, 0.25) is 0 Å². The number of allylic oxidation sites excluding steroid dienone is 2. The fourth-order valence-electron chi connectivity index (χ4n) is 3.67. The number of aliphatic hydroxyl groups is 2. The summed E-state index contributed by atoms with van der Waals surface area (Å²) < 4.78 is 0. The summed E-state index contributed by atoms with van der Waals surface area (Å²) in [6, 6.07) is 0. The average molecular weight is 341 g/mol. The first kappa shape index (κ1) is 23.7. The van der Waals surface area contributed by atoms with E-state index in [1.807, 2.05) is 6.92 Å². The van der Waals surface area contributed by atoms with Crippen LogP contribution in [0.4, 0.5) is 0 Å². The van der Waals surface area contributed by atoms with Gasteiger partial charge in [-0.2, -0.15) is 0 Å². The minimum Gasteiger partial charge on any atom is -0.393 e. The Bertz CT molecular complexity index is 301. The minimum absolute atomic E-state index is 0.337. The maximum absolute atomic E-state index is 11.0. The van der Waals surface area contributed by atoms with Crippen LogP contribution in [0.3, 0.4) is 0 Å². The fourth-order valence-corrected chi connectivity index (χ4v) is 3.67. The van der Waals surface area contributed by atoms with Crippen LogP contribution in [0, 0.1) is 11.3 Å². The lowest BCUT2D eigenvalue weighted by molar-refractivity contribution is -0.0822. The van der Waals surface area contributed by atoms with Crippen molar-refractivity contribution in [2.24, 2.45) is 11.3 Å². The van der Waals surface area contributed by atoms with Crippen LogP contribution in [-0.4, -0.2) is 22.4 Å². The zero-order valence-corrected chi connectivity index (χ0v) is 17.1. The maximum atomic E-state index is 11.0. The molecule has 2 N–H and O–H groups in total. The average Bonchev–Trinajstić information content (AvgIpc) is 2.54. The van der Waals surface area contributed by atoms with E-state index in [0.717, 1.165) is 51.4 Å². The van der Waals surface area contributed by atoms with Crippen LogP contribution in [-0.2, 0) is 0 Å². The fraction of sp³-hybridized carbons (Fsp3) is 0.909. The van der Waals surface area contributed by atoms with Crippen LogP contribution in [0.2, 0.25) is 0 Å². The second-order valence-corrected chi connectivity index (χ2v) is 7.77. The molecule has 3 atom stereocenters. The molecule has 0 heterocycles. The summed E-state index contributed by atoms with van der Waals surface area (Å²) in [6.07, 6.45) is 15.6. The number of hydrogen-bond donors (Lipinski definition) is 2. The predicted molar refractivity (Wildman–Crippen MR) is 106 cm³/mol. The molecule has 0 aromatic rings. The highest BCUT2D eigenvalue weighted by atomic mass is 16.3. The van der Waals surface area contributed by atoms with E-state index in [4.69, 9.17) is 0 Å². The van der Waals surface area contributed by atoms with E-state index >= 15 is 0 Å². The quantitative estimate of drug-likeness (QED) is 0.273. The van der Waals surface area contributed by atoms with Crippen molar-refractivity contribution >= 4 is 0 Å². The molecule has 0 fully saturated rings. The van der Waals surface area contributed by atoms with Crippen molar-refractivity contribution in [2.75, 3.05) is 0 Å². The zero-order valence-electron chi connectivity index (χ0n) is 17.1. The van der Waals surface area contributed by atoms with Crippen molar-refractivity contribution in [1.82, 2.24) is 0 Å². The van der Waals surface area contributed by atoms with Crippen molar-refractivity contribution in [3.8, 4) is 0 Å². The molecule has 24 heavy (non-hydrogen) atoms. The molecule has 0 spiro atoms. The van der Waals surface area contributed by atoms with Crippen LogP contribution in [0.5, 0.6) is 0 Å². The van der Waals surface area contributed by atoms with Gasteiger partial charge in [0.1, 0.15) is 0 Å². The second-order valence-electron chi connectivity index (χ2n) is 7.77. The summed E-state index contributed by atoms with van der Waals surface area (Å²) in [4.78, 5) is 0. The minimum atomic E-state index is -0.452. The smallest absolute Gasteiger partial charge is 0.0626 e. The Hall–Kier alpha value is -0.340. The molecule has 0 aromatic carbocycles. The Morgan fingerprint density at radius 2 is 1.38 bits per heavy atom. The number of unbranched alkanes of at least 4 members (excludes halogenated alkanes) is 5. The normalized spacial score (nSPS) is 16.5. The standard InChI is InChI=1S/C22H44O2/c1-6-9-12-13-14-15-19(4)18-21(24)22(20(5)23,16-10-7-2)17-11-8-3/h14-15,19-21,23-24H,6-13,16-18H2,1-5H3. The summed E-state index contributed by atoms with van der Waals surface area (Å²) in [5, 5.41) is 21.5. The van der Waals surface area contributed by atoms with Crippen LogP contribution in [0.25, 0.3) is 0 Å². The lowest BCUT2D eigenvalue weighted by atomic mass is 9.68. The second kappa shape index (κ2) is 13.9. The van der Waals surface area contributed by atoms with Gasteiger partial charge in [-0.1, -0.05) is 78.4 Å². The lowest BCUT2D eigenvalue weighted by Crippen LogP contribution is -2.45.